The van der Waals surface area contributed by atoms with Crippen LogP contribution in [0, 0.1) is 0 Å². The maximum atomic E-state index is 10.9. The fourth-order valence-corrected chi connectivity index (χ4v) is 1.43. The Morgan fingerprint density at radius 3 is 2.56 bits per heavy atom. The lowest BCUT2D eigenvalue weighted by molar-refractivity contribution is -0.142. The number of hydrogen-bond donors (Lipinski definition) is 2. The second-order valence-corrected chi connectivity index (χ2v) is 3.78. The van der Waals surface area contributed by atoms with E-state index in [1.54, 1.807) is 12.1 Å². The van der Waals surface area contributed by atoms with Gasteiger partial charge in [-0.3, -0.25) is 0 Å². The summed E-state index contributed by atoms with van der Waals surface area (Å²) in [7, 11) is 1.32. The van der Waals surface area contributed by atoms with Gasteiger partial charge < -0.3 is 20.1 Å². The zero-order valence-corrected chi connectivity index (χ0v) is 11.2. The predicted molar refractivity (Wildman–Crippen MR) is 73.9 cm³/mol. The van der Waals surface area contributed by atoms with Crippen LogP contribution < -0.4 is 15.4 Å². The molecule has 1 aromatic rings. The third kappa shape index (κ3) is 5.01. The lowest BCUT2D eigenvalue weighted by atomic mass is 10.3. The normalized spacial score (nSPS) is 9.44. The van der Waals surface area contributed by atoms with Crippen molar-refractivity contribution in [2.75, 3.05) is 25.6 Å². The van der Waals surface area contributed by atoms with Crippen LogP contribution in [-0.2, 0) is 9.53 Å². The molecule has 1 aromatic carbocycles. The summed E-state index contributed by atoms with van der Waals surface area (Å²) in [5, 5.41) is 6.57. The summed E-state index contributed by atoms with van der Waals surface area (Å²) >= 11 is 5.05. The number of rotatable bonds is 5. The molecule has 0 bridgehead atoms. The molecule has 0 aliphatic heterocycles. The van der Waals surface area contributed by atoms with Crippen LogP contribution in [0.2, 0.25) is 0 Å². The molecule has 18 heavy (non-hydrogen) atoms. The summed E-state index contributed by atoms with van der Waals surface area (Å²) in [5.41, 5.74) is 0.853. The Labute approximate surface area is 111 Å². The van der Waals surface area contributed by atoms with E-state index in [0.29, 0.717) is 10.9 Å². The highest BCUT2D eigenvalue weighted by Gasteiger charge is 2.02. The summed E-state index contributed by atoms with van der Waals surface area (Å²) < 4.78 is 9.69. The average molecular weight is 268 g/mol. The van der Waals surface area contributed by atoms with Crippen molar-refractivity contribution >= 4 is 29.0 Å². The zero-order chi connectivity index (χ0) is 13.4. The van der Waals surface area contributed by atoms with Crippen LogP contribution in [0.15, 0.2) is 24.3 Å². The van der Waals surface area contributed by atoms with Crippen molar-refractivity contribution < 1.29 is 14.3 Å². The first-order valence-corrected chi connectivity index (χ1v) is 5.91. The molecule has 0 heterocycles. The second-order valence-electron chi connectivity index (χ2n) is 3.37. The third-order valence-corrected chi connectivity index (χ3v) is 2.28. The van der Waals surface area contributed by atoms with Crippen LogP contribution in [0.25, 0.3) is 0 Å². The van der Waals surface area contributed by atoms with Gasteiger partial charge in [-0.2, -0.15) is 0 Å². The van der Waals surface area contributed by atoms with Crippen LogP contribution in [0.5, 0.6) is 5.75 Å². The number of methoxy groups -OCH3 is 1. The molecule has 0 spiro atoms. The number of ether oxygens (including phenoxy) is 2. The quantitative estimate of drug-likeness (QED) is 0.624. The SMILES string of the molecule is CCNC(=S)Nc1ccc(OCC(=O)OC)cc1. The van der Waals surface area contributed by atoms with E-state index in [1.165, 1.54) is 7.11 Å². The second kappa shape index (κ2) is 7.50. The largest absolute Gasteiger partial charge is 0.482 e. The van der Waals surface area contributed by atoms with Gasteiger partial charge in [-0.25, -0.2) is 4.79 Å². The van der Waals surface area contributed by atoms with Gasteiger partial charge in [-0.05, 0) is 43.4 Å². The van der Waals surface area contributed by atoms with E-state index in [9.17, 15) is 4.79 Å². The Morgan fingerprint density at radius 2 is 2.00 bits per heavy atom. The molecule has 0 saturated carbocycles. The van der Waals surface area contributed by atoms with Crippen molar-refractivity contribution in [3.63, 3.8) is 0 Å². The van der Waals surface area contributed by atoms with Crippen LogP contribution in [0.3, 0.4) is 0 Å². The van der Waals surface area contributed by atoms with Crippen LogP contribution in [0.4, 0.5) is 5.69 Å². The molecule has 5 nitrogen and oxygen atoms in total. The minimum atomic E-state index is -0.412. The third-order valence-electron chi connectivity index (χ3n) is 2.03. The molecule has 0 aliphatic rings. The van der Waals surface area contributed by atoms with Gasteiger partial charge in [-0.1, -0.05) is 0 Å². The van der Waals surface area contributed by atoms with Crippen molar-refractivity contribution in [1.29, 1.82) is 0 Å². The molecule has 0 aliphatic carbocycles. The average Bonchev–Trinajstić information content (AvgIpc) is 2.37. The molecule has 0 radical (unpaired) electrons. The first-order valence-electron chi connectivity index (χ1n) is 5.50. The molecule has 0 amide bonds. The Balaban J connectivity index is 2.47. The van der Waals surface area contributed by atoms with Gasteiger partial charge in [-0.15, -0.1) is 0 Å². The molecule has 0 atom stereocenters. The van der Waals surface area contributed by atoms with Crippen LogP contribution in [-0.4, -0.2) is 31.3 Å². The van der Waals surface area contributed by atoms with Gasteiger partial charge in [0.25, 0.3) is 0 Å². The number of esters is 1. The molecule has 6 heteroatoms. The number of carbonyl (C=O) groups excluding carboxylic acids is 1. The van der Waals surface area contributed by atoms with E-state index in [4.69, 9.17) is 17.0 Å². The van der Waals surface area contributed by atoms with Gasteiger partial charge in [0.1, 0.15) is 5.75 Å². The molecular formula is C12H16N2O3S. The topological polar surface area (TPSA) is 59.6 Å². The Morgan fingerprint density at radius 1 is 1.33 bits per heavy atom. The number of anilines is 1. The number of hydrogen-bond acceptors (Lipinski definition) is 4. The molecule has 2 N–H and O–H groups in total. The minimum absolute atomic E-state index is 0.0981. The van der Waals surface area contributed by atoms with Crippen LogP contribution in [0.1, 0.15) is 6.92 Å². The smallest absolute Gasteiger partial charge is 0.343 e. The van der Waals surface area contributed by atoms with Gasteiger partial charge in [0.05, 0.1) is 7.11 Å². The molecule has 0 aromatic heterocycles. The van der Waals surface area contributed by atoms with Crippen molar-refractivity contribution in [2.45, 2.75) is 6.92 Å². The lowest BCUT2D eigenvalue weighted by Crippen LogP contribution is -2.27. The molecule has 0 saturated heterocycles. The maximum Gasteiger partial charge on any atom is 0.343 e. The zero-order valence-electron chi connectivity index (χ0n) is 10.4. The highest BCUT2D eigenvalue weighted by molar-refractivity contribution is 7.80. The minimum Gasteiger partial charge on any atom is -0.482 e. The molecule has 0 fully saturated rings. The number of nitrogens with one attached hydrogen (secondary N) is 2. The number of benzene rings is 1. The summed E-state index contributed by atoms with van der Waals surface area (Å²) in [4.78, 5) is 10.9. The number of carbonyl (C=O) groups is 1. The van der Waals surface area contributed by atoms with Crippen LogP contribution >= 0.6 is 12.2 Å². The summed E-state index contributed by atoms with van der Waals surface area (Å²) in [6, 6.07) is 7.13. The highest BCUT2D eigenvalue weighted by atomic mass is 32.1. The lowest BCUT2D eigenvalue weighted by Gasteiger charge is -2.09. The Kier molecular flexibility index (Phi) is 5.93. The first-order chi connectivity index (χ1) is 8.65. The van der Waals surface area contributed by atoms with E-state index in [1.807, 2.05) is 19.1 Å². The maximum absolute atomic E-state index is 10.9. The fraction of sp³-hybridized carbons (Fsp3) is 0.333. The first kappa shape index (κ1) is 14.2. The van der Waals surface area contributed by atoms with Gasteiger partial charge >= 0.3 is 5.97 Å². The molecule has 1 rings (SSSR count). The van der Waals surface area contributed by atoms with Crippen molar-refractivity contribution in [1.82, 2.24) is 5.32 Å². The van der Waals surface area contributed by atoms with E-state index < -0.39 is 5.97 Å². The Bertz CT molecular complexity index is 406. The standard InChI is InChI=1S/C12H16N2O3S/c1-3-13-12(18)14-9-4-6-10(7-5-9)17-8-11(15)16-2/h4-7H,3,8H2,1-2H3,(H2,13,14,18). The van der Waals surface area contributed by atoms with E-state index in [2.05, 4.69) is 15.4 Å². The fourth-order valence-electron chi connectivity index (χ4n) is 1.17. The van der Waals surface area contributed by atoms with Gasteiger partial charge in [0.15, 0.2) is 11.7 Å². The van der Waals surface area contributed by atoms with E-state index in [0.717, 1.165) is 12.2 Å². The van der Waals surface area contributed by atoms with E-state index >= 15 is 0 Å². The van der Waals surface area contributed by atoms with Crippen molar-refractivity contribution in [3.8, 4) is 5.75 Å². The highest BCUT2D eigenvalue weighted by Crippen LogP contribution is 2.15. The predicted octanol–water partition coefficient (Wildman–Crippen LogP) is 1.54. The molecule has 98 valence electrons. The van der Waals surface area contributed by atoms with Crippen molar-refractivity contribution in [2.24, 2.45) is 0 Å². The Hall–Kier alpha value is -1.82. The summed E-state index contributed by atoms with van der Waals surface area (Å²) in [6.45, 7) is 2.64. The van der Waals surface area contributed by atoms with Gasteiger partial charge in [0, 0.05) is 12.2 Å². The molecule has 0 unspecified atom stereocenters. The summed E-state index contributed by atoms with van der Waals surface area (Å²) in [6.07, 6.45) is 0. The summed E-state index contributed by atoms with van der Waals surface area (Å²) in [5.74, 6) is 0.186. The molecular weight excluding hydrogens is 252 g/mol. The van der Waals surface area contributed by atoms with Gasteiger partial charge in [0.2, 0.25) is 0 Å². The van der Waals surface area contributed by atoms with E-state index in [-0.39, 0.29) is 6.61 Å². The van der Waals surface area contributed by atoms with Crippen molar-refractivity contribution in [3.05, 3.63) is 24.3 Å². The monoisotopic (exact) mass is 268 g/mol. The number of thiocarbonyl (C=S) groups is 1.